The molecular formula is C28H39F3N2O2. The van der Waals surface area contributed by atoms with Gasteiger partial charge in [-0.05, 0) is 73.6 Å². The fraction of sp³-hybridized carbons (Fsp3) is 0.679. The molecule has 1 aliphatic carbocycles. The SMILES string of the molecule is CCC1COCCC1N[C@@H]1CC[C@@](C(=O)N2CC=C(c3cccc(C(F)(F)F)c3)CC2)(C(C)C)C1. The van der Waals surface area contributed by atoms with Gasteiger partial charge in [0, 0.05) is 31.8 Å². The topological polar surface area (TPSA) is 41.6 Å². The van der Waals surface area contributed by atoms with E-state index in [2.05, 4.69) is 26.1 Å². The summed E-state index contributed by atoms with van der Waals surface area (Å²) in [7, 11) is 0. The number of hydrogen-bond acceptors (Lipinski definition) is 3. The zero-order valence-corrected chi connectivity index (χ0v) is 21.2. The number of hydrogen-bond donors (Lipinski definition) is 1. The number of ether oxygens (including phenoxy) is 1. The van der Waals surface area contributed by atoms with Crippen LogP contribution in [0.5, 0.6) is 0 Å². The monoisotopic (exact) mass is 492 g/mol. The van der Waals surface area contributed by atoms with Gasteiger partial charge in [-0.25, -0.2) is 0 Å². The van der Waals surface area contributed by atoms with Crippen LogP contribution in [0.15, 0.2) is 30.3 Å². The second-order valence-electron chi connectivity index (χ2n) is 10.9. The molecule has 35 heavy (non-hydrogen) atoms. The lowest BCUT2D eigenvalue weighted by Gasteiger charge is -2.39. The molecule has 1 aromatic carbocycles. The van der Waals surface area contributed by atoms with Crippen LogP contribution in [0, 0.1) is 17.3 Å². The third kappa shape index (κ3) is 5.61. The van der Waals surface area contributed by atoms with E-state index in [-0.39, 0.29) is 17.2 Å². The lowest BCUT2D eigenvalue weighted by molar-refractivity contribution is -0.144. The number of alkyl halides is 3. The Bertz CT molecular complexity index is 929. The van der Waals surface area contributed by atoms with Gasteiger partial charge in [0.1, 0.15) is 0 Å². The molecule has 2 heterocycles. The molecule has 1 amide bonds. The van der Waals surface area contributed by atoms with Crippen molar-refractivity contribution in [2.75, 3.05) is 26.3 Å². The van der Waals surface area contributed by atoms with Gasteiger partial charge >= 0.3 is 6.18 Å². The van der Waals surface area contributed by atoms with Crippen LogP contribution in [-0.2, 0) is 15.7 Å². The van der Waals surface area contributed by atoms with Crippen molar-refractivity contribution in [1.29, 1.82) is 0 Å². The zero-order valence-electron chi connectivity index (χ0n) is 21.2. The smallest absolute Gasteiger partial charge is 0.381 e. The Morgan fingerprint density at radius 3 is 2.74 bits per heavy atom. The van der Waals surface area contributed by atoms with Crippen molar-refractivity contribution in [3.8, 4) is 0 Å². The number of benzene rings is 1. The quantitative estimate of drug-likeness (QED) is 0.536. The van der Waals surface area contributed by atoms with Gasteiger partial charge in [0.05, 0.1) is 17.6 Å². The zero-order chi connectivity index (χ0) is 25.2. The highest BCUT2D eigenvalue weighted by Crippen LogP contribution is 2.47. The van der Waals surface area contributed by atoms with Crippen LogP contribution in [0.1, 0.15) is 70.4 Å². The first-order valence-electron chi connectivity index (χ1n) is 13.1. The standard InChI is InChI=1S/C28H39F3N2O2/c1-4-20-18-35-15-11-25(20)32-24-8-12-27(17-24,19(2)3)26(34)33-13-9-21(10-14-33)22-6-5-7-23(16-22)28(29,30)31/h5-7,9,16,19-20,24-25,32H,4,8,10-15,17-18H2,1-3H3/t20?,24-,25?,27+/m1/s1. The van der Waals surface area contributed by atoms with Crippen LogP contribution in [0.3, 0.4) is 0 Å². The maximum absolute atomic E-state index is 13.9. The van der Waals surface area contributed by atoms with Crippen molar-refractivity contribution in [3.05, 3.63) is 41.5 Å². The molecule has 2 unspecified atom stereocenters. The number of halogens is 3. The summed E-state index contributed by atoms with van der Waals surface area (Å²) in [5.41, 5.74) is 0.464. The minimum Gasteiger partial charge on any atom is -0.381 e. The molecule has 4 atom stereocenters. The summed E-state index contributed by atoms with van der Waals surface area (Å²) in [6, 6.07) is 6.28. The number of nitrogens with zero attached hydrogens (tertiary/aromatic N) is 1. The molecule has 4 rings (SSSR count). The molecule has 0 spiro atoms. The molecule has 1 aromatic rings. The van der Waals surface area contributed by atoms with Gasteiger partial charge in [0.15, 0.2) is 0 Å². The number of amides is 1. The summed E-state index contributed by atoms with van der Waals surface area (Å²) < 4.78 is 45.1. The van der Waals surface area contributed by atoms with Gasteiger partial charge in [-0.15, -0.1) is 0 Å². The van der Waals surface area contributed by atoms with Crippen LogP contribution >= 0.6 is 0 Å². The molecule has 1 saturated carbocycles. The Balaban J connectivity index is 1.43. The second kappa shape index (κ2) is 10.6. The predicted molar refractivity (Wildman–Crippen MR) is 132 cm³/mol. The minimum absolute atomic E-state index is 0.204. The number of nitrogens with one attached hydrogen (secondary N) is 1. The fourth-order valence-electron chi connectivity index (χ4n) is 6.23. The van der Waals surface area contributed by atoms with E-state index < -0.39 is 11.7 Å². The first-order valence-corrected chi connectivity index (χ1v) is 13.1. The largest absolute Gasteiger partial charge is 0.416 e. The molecule has 2 aliphatic heterocycles. The molecule has 1 N–H and O–H groups in total. The predicted octanol–water partition coefficient (Wildman–Crippen LogP) is 5.92. The molecule has 4 nitrogen and oxygen atoms in total. The summed E-state index contributed by atoms with van der Waals surface area (Å²) in [5.74, 6) is 0.956. The third-order valence-corrected chi connectivity index (χ3v) is 8.59. The van der Waals surface area contributed by atoms with E-state index in [0.717, 1.165) is 57.0 Å². The normalized spacial score (nSPS) is 30.0. The molecule has 3 aliphatic rings. The van der Waals surface area contributed by atoms with E-state index in [4.69, 9.17) is 4.74 Å². The van der Waals surface area contributed by atoms with Crippen molar-refractivity contribution in [3.63, 3.8) is 0 Å². The minimum atomic E-state index is -4.36. The molecule has 7 heteroatoms. The van der Waals surface area contributed by atoms with Crippen LogP contribution < -0.4 is 5.32 Å². The average Bonchev–Trinajstić information content (AvgIpc) is 3.29. The van der Waals surface area contributed by atoms with Gasteiger partial charge < -0.3 is 15.0 Å². The Morgan fingerprint density at radius 2 is 2.09 bits per heavy atom. The van der Waals surface area contributed by atoms with Crippen LogP contribution in [0.4, 0.5) is 13.2 Å². The lowest BCUT2D eigenvalue weighted by Crippen LogP contribution is -2.49. The van der Waals surface area contributed by atoms with Gasteiger partial charge in [-0.2, -0.15) is 13.2 Å². The van der Waals surface area contributed by atoms with Crippen molar-refractivity contribution in [2.24, 2.45) is 17.3 Å². The lowest BCUT2D eigenvalue weighted by atomic mass is 9.74. The van der Waals surface area contributed by atoms with E-state index in [1.54, 1.807) is 6.07 Å². The summed E-state index contributed by atoms with van der Waals surface area (Å²) in [5, 5.41) is 3.88. The number of carbonyl (C=O) groups excluding carboxylic acids is 1. The van der Waals surface area contributed by atoms with Crippen molar-refractivity contribution in [1.82, 2.24) is 10.2 Å². The van der Waals surface area contributed by atoms with Crippen LogP contribution in [0.2, 0.25) is 0 Å². The van der Waals surface area contributed by atoms with Crippen molar-refractivity contribution < 1.29 is 22.7 Å². The van der Waals surface area contributed by atoms with Crippen molar-refractivity contribution >= 4 is 11.5 Å². The summed E-state index contributed by atoms with van der Waals surface area (Å²) in [6.45, 7) is 9.12. The first-order chi connectivity index (χ1) is 16.6. The Morgan fingerprint density at radius 1 is 1.29 bits per heavy atom. The van der Waals surface area contributed by atoms with E-state index >= 15 is 0 Å². The van der Waals surface area contributed by atoms with Gasteiger partial charge in [-0.3, -0.25) is 4.79 Å². The fourth-order valence-corrected chi connectivity index (χ4v) is 6.23. The molecule has 2 fully saturated rings. The summed E-state index contributed by atoms with van der Waals surface area (Å²) in [6.07, 6.45) is 2.98. The summed E-state index contributed by atoms with van der Waals surface area (Å²) >= 11 is 0. The number of rotatable bonds is 6. The van der Waals surface area contributed by atoms with Gasteiger partial charge in [0.25, 0.3) is 0 Å². The Hall–Kier alpha value is -1.86. The Kier molecular flexibility index (Phi) is 7.96. The highest BCUT2D eigenvalue weighted by Gasteiger charge is 2.49. The van der Waals surface area contributed by atoms with E-state index in [1.807, 2.05) is 11.0 Å². The first kappa shape index (κ1) is 26.2. The molecule has 0 aromatic heterocycles. The second-order valence-corrected chi connectivity index (χ2v) is 10.9. The van der Waals surface area contributed by atoms with Gasteiger partial charge in [0.2, 0.25) is 5.91 Å². The van der Waals surface area contributed by atoms with Crippen LogP contribution in [-0.4, -0.2) is 49.2 Å². The molecule has 0 radical (unpaired) electrons. The van der Waals surface area contributed by atoms with E-state index in [9.17, 15) is 18.0 Å². The number of carbonyl (C=O) groups is 1. The Labute approximate surface area is 207 Å². The molecule has 0 bridgehead atoms. The molecular weight excluding hydrogens is 453 g/mol. The summed E-state index contributed by atoms with van der Waals surface area (Å²) in [4.78, 5) is 15.8. The highest BCUT2D eigenvalue weighted by molar-refractivity contribution is 5.84. The van der Waals surface area contributed by atoms with Gasteiger partial charge in [-0.1, -0.05) is 39.0 Å². The van der Waals surface area contributed by atoms with E-state index in [0.29, 0.717) is 43.1 Å². The maximum atomic E-state index is 13.9. The van der Waals surface area contributed by atoms with E-state index in [1.165, 1.54) is 12.1 Å². The highest BCUT2D eigenvalue weighted by atomic mass is 19.4. The third-order valence-electron chi connectivity index (χ3n) is 8.59. The molecule has 1 saturated heterocycles. The van der Waals surface area contributed by atoms with Crippen LogP contribution in [0.25, 0.3) is 5.57 Å². The average molecular weight is 493 g/mol. The molecule has 194 valence electrons. The maximum Gasteiger partial charge on any atom is 0.416 e. The van der Waals surface area contributed by atoms with Crippen molar-refractivity contribution in [2.45, 2.75) is 77.6 Å².